The molecule has 0 atom stereocenters. The van der Waals surface area contributed by atoms with Crippen LogP contribution in [0, 0.1) is 11.3 Å². The number of nitriles is 1. The number of benzene rings is 1. The number of ether oxygens (including phenoxy) is 1. The van der Waals surface area contributed by atoms with E-state index >= 15 is 0 Å². The highest BCUT2D eigenvalue weighted by molar-refractivity contribution is 7.99. The molecular weight excluding hydrogens is 362 g/mol. The van der Waals surface area contributed by atoms with Gasteiger partial charge in [0.05, 0.1) is 18.5 Å². The zero-order chi connectivity index (χ0) is 18.2. The molecule has 9 heteroatoms. The van der Waals surface area contributed by atoms with Gasteiger partial charge in [-0.2, -0.15) is 5.26 Å². The van der Waals surface area contributed by atoms with Crippen molar-refractivity contribution in [3.63, 3.8) is 0 Å². The lowest BCUT2D eigenvalue weighted by Gasteiger charge is -2.17. The summed E-state index contributed by atoms with van der Waals surface area (Å²) < 4.78 is 5.55. The van der Waals surface area contributed by atoms with E-state index in [1.807, 2.05) is 6.07 Å². The SMILES string of the molecule is CN(CCOc1ccc(Cl)cc1)C(=O)CSc1ncc(C#N)c(N)n1. The van der Waals surface area contributed by atoms with Gasteiger partial charge in [0, 0.05) is 12.1 Å². The van der Waals surface area contributed by atoms with E-state index in [2.05, 4.69) is 9.97 Å². The summed E-state index contributed by atoms with van der Waals surface area (Å²) in [5.74, 6) is 0.887. The van der Waals surface area contributed by atoms with E-state index in [0.29, 0.717) is 29.1 Å². The average molecular weight is 378 g/mol. The lowest BCUT2D eigenvalue weighted by atomic mass is 10.3. The maximum atomic E-state index is 12.1. The fourth-order valence-corrected chi connectivity index (χ4v) is 2.62. The van der Waals surface area contributed by atoms with Gasteiger partial charge in [-0.25, -0.2) is 9.97 Å². The van der Waals surface area contributed by atoms with Gasteiger partial charge in [-0.15, -0.1) is 0 Å². The topological polar surface area (TPSA) is 105 Å². The van der Waals surface area contributed by atoms with Crippen molar-refractivity contribution in [2.45, 2.75) is 5.16 Å². The minimum atomic E-state index is -0.0868. The summed E-state index contributed by atoms with van der Waals surface area (Å²) in [6.45, 7) is 0.813. The molecule has 2 aromatic rings. The molecule has 0 aliphatic rings. The predicted octanol–water partition coefficient (Wildman–Crippen LogP) is 2.21. The van der Waals surface area contributed by atoms with Crippen LogP contribution in [0.15, 0.2) is 35.6 Å². The van der Waals surface area contributed by atoms with Crippen molar-refractivity contribution in [1.82, 2.24) is 14.9 Å². The van der Waals surface area contributed by atoms with Crippen molar-refractivity contribution in [1.29, 1.82) is 5.26 Å². The second-order valence-electron chi connectivity index (χ2n) is 4.97. The molecule has 1 aromatic carbocycles. The predicted molar refractivity (Wildman–Crippen MR) is 96.5 cm³/mol. The number of carbonyl (C=O) groups excluding carboxylic acids is 1. The second kappa shape index (κ2) is 9.11. The summed E-state index contributed by atoms with van der Waals surface area (Å²) in [5.41, 5.74) is 5.84. The highest BCUT2D eigenvalue weighted by atomic mass is 35.5. The van der Waals surface area contributed by atoms with E-state index in [4.69, 9.17) is 27.3 Å². The maximum absolute atomic E-state index is 12.1. The minimum absolute atomic E-state index is 0.0868. The molecule has 0 aliphatic heterocycles. The molecule has 0 unspecified atom stereocenters. The van der Waals surface area contributed by atoms with Crippen LogP contribution in [-0.2, 0) is 4.79 Å². The summed E-state index contributed by atoms with van der Waals surface area (Å²) in [5, 5.41) is 9.78. The van der Waals surface area contributed by atoms with Gasteiger partial charge in [0.25, 0.3) is 0 Å². The standard InChI is InChI=1S/C16H16ClN5O2S/c1-22(6-7-24-13-4-2-12(17)3-5-13)14(23)10-25-16-20-9-11(8-18)15(19)21-16/h2-5,9H,6-7,10H2,1H3,(H2,19,20,21). The van der Waals surface area contributed by atoms with Gasteiger partial charge in [-0.05, 0) is 24.3 Å². The van der Waals surface area contributed by atoms with E-state index in [9.17, 15) is 4.79 Å². The molecule has 2 N–H and O–H groups in total. The molecule has 25 heavy (non-hydrogen) atoms. The first-order chi connectivity index (χ1) is 12.0. The molecule has 0 radical (unpaired) electrons. The average Bonchev–Trinajstić information content (AvgIpc) is 2.61. The summed E-state index contributed by atoms with van der Waals surface area (Å²) in [7, 11) is 1.70. The zero-order valence-electron chi connectivity index (χ0n) is 13.5. The van der Waals surface area contributed by atoms with Gasteiger partial charge in [0.15, 0.2) is 5.16 Å². The third kappa shape index (κ3) is 5.81. The van der Waals surface area contributed by atoms with Crippen molar-refractivity contribution < 1.29 is 9.53 Å². The molecule has 0 aliphatic carbocycles. The molecule has 0 spiro atoms. The van der Waals surface area contributed by atoms with Crippen LogP contribution in [0.1, 0.15) is 5.56 Å². The lowest BCUT2D eigenvalue weighted by Crippen LogP contribution is -2.32. The van der Waals surface area contributed by atoms with Crippen LogP contribution in [0.4, 0.5) is 5.82 Å². The normalized spacial score (nSPS) is 10.1. The van der Waals surface area contributed by atoms with Crippen LogP contribution in [0.3, 0.4) is 0 Å². The lowest BCUT2D eigenvalue weighted by molar-refractivity contribution is -0.127. The number of halogens is 1. The summed E-state index contributed by atoms with van der Waals surface area (Å²) in [6.07, 6.45) is 1.35. The molecule has 1 heterocycles. The number of likely N-dealkylation sites (N-methyl/N-ethyl adjacent to an activating group) is 1. The Bertz CT molecular complexity index is 779. The number of carbonyl (C=O) groups is 1. The van der Waals surface area contributed by atoms with Crippen LogP contribution < -0.4 is 10.5 Å². The maximum Gasteiger partial charge on any atom is 0.232 e. The molecule has 130 valence electrons. The Labute approximate surface area is 154 Å². The Morgan fingerprint density at radius 2 is 2.16 bits per heavy atom. The molecule has 0 saturated heterocycles. The zero-order valence-corrected chi connectivity index (χ0v) is 15.0. The first-order valence-corrected chi connectivity index (χ1v) is 8.63. The van der Waals surface area contributed by atoms with E-state index in [0.717, 1.165) is 11.8 Å². The fourth-order valence-electron chi connectivity index (χ4n) is 1.73. The fraction of sp³-hybridized carbons (Fsp3) is 0.250. The van der Waals surface area contributed by atoms with Crippen LogP contribution in [0.25, 0.3) is 0 Å². The van der Waals surface area contributed by atoms with Crippen molar-refractivity contribution in [2.24, 2.45) is 0 Å². The van der Waals surface area contributed by atoms with Crippen molar-refractivity contribution in [3.8, 4) is 11.8 Å². The largest absolute Gasteiger partial charge is 0.492 e. The highest BCUT2D eigenvalue weighted by Gasteiger charge is 2.11. The van der Waals surface area contributed by atoms with Gasteiger partial charge in [-0.3, -0.25) is 4.79 Å². The van der Waals surface area contributed by atoms with Gasteiger partial charge in [-0.1, -0.05) is 23.4 Å². The quantitative estimate of drug-likeness (QED) is 0.582. The van der Waals surface area contributed by atoms with Crippen molar-refractivity contribution >= 4 is 35.1 Å². The Hall–Kier alpha value is -2.50. The Morgan fingerprint density at radius 1 is 1.44 bits per heavy atom. The number of nitrogens with two attached hydrogens (primary N) is 1. The molecule has 1 amide bonds. The molecule has 0 fully saturated rings. The van der Waals surface area contributed by atoms with Gasteiger partial charge in [0.1, 0.15) is 29.8 Å². The molecule has 0 saturated carbocycles. The van der Waals surface area contributed by atoms with Crippen LogP contribution in [0.2, 0.25) is 5.02 Å². The number of anilines is 1. The number of hydrogen-bond acceptors (Lipinski definition) is 7. The summed E-state index contributed by atoms with van der Waals surface area (Å²) in [4.78, 5) is 21.6. The van der Waals surface area contributed by atoms with Gasteiger partial charge in [0.2, 0.25) is 5.91 Å². The third-order valence-corrected chi connectivity index (χ3v) is 4.27. The molecule has 7 nitrogen and oxygen atoms in total. The van der Waals surface area contributed by atoms with Crippen molar-refractivity contribution in [2.75, 3.05) is 31.7 Å². The molecule has 0 bridgehead atoms. The number of aromatic nitrogens is 2. The Balaban J connectivity index is 1.75. The number of rotatable bonds is 7. The number of hydrogen-bond donors (Lipinski definition) is 1. The molecule has 1 aromatic heterocycles. The smallest absolute Gasteiger partial charge is 0.232 e. The summed E-state index contributed by atoms with van der Waals surface area (Å²) >= 11 is 6.97. The Kier molecular flexibility index (Phi) is 6.86. The van der Waals surface area contributed by atoms with E-state index in [1.165, 1.54) is 6.20 Å². The number of nitrogen functional groups attached to an aromatic ring is 1. The monoisotopic (exact) mass is 377 g/mol. The first kappa shape index (κ1) is 18.8. The number of amides is 1. The Morgan fingerprint density at radius 3 is 2.80 bits per heavy atom. The van der Waals surface area contributed by atoms with Gasteiger partial charge < -0.3 is 15.4 Å². The molecule has 2 rings (SSSR count). The second-order valence-corrected chi connectivity index (χ2v) is 6.35. The molecular formula is C16H16ClN5O2S. The van der Waals surface area contributed by atoms with Crippen molar-refractivity contribution in [3.05, 3.63) is 41.0 Å². The first-order valence-electron chi connectivity index (χ1n) is 7.27. The van der Waals surface area contributed by atoms with Crippen LogP contribution >= 0.6 is 23.4 Å². The van der Waals surface area contributed by atoms with E-state index in [-0.39, 0.29) is 23.0 Å². The minimum Gasteiger partial charge on any atom is -0.492 e. The van der Waals surface area contributed by atoms with E-state index < -0.39 is 0 Å². The van der Waals surface area contributed by atoms with Crippen LogP contribution in [0.5, 0.6) is 5.75 Å². The third-order valence-electron chi connectivity index (χ3n) is 3.18. The van der Waals surface area contributed by atoms with Gasteiger partial charge >= 0.3 is 0 Å². The number of thioether (sulfide) groups is 1. The van der Waals surface area contributed by atoms with E-state index in [1.54, 1.807) is 36.2 Å². The number of nitrogens with zero attached hydrogens (tertiary/aromatic N) is 4. The summed E-state index contributed by atoms with van der Waals surface area (Å²) in [6, 6.07) is 8.91. The van der Waals surface area contributed by atoms with Crippen LogP contribution in [-0.4, -0.2) is 46.7 Å². The highest BCUT2D eigenvalue weighted by Crippen LogP contribution is 2.17.